The first kappa shape index (κ1) is 15.2. The summed E-state index contributed by atoms with van der Waals surface area (Å²) in [4.78, 5) is 12.1. The minimum atomic E-state index is -0.0712. The summed E-state index contributed by atoms with van der Waals surface area (Å²) in [5, 5.41) is 6.07. The van der Waals surface area contributed by atoms with Crippen LogP contribution in [0.4, 0.5) is 4.79 Å². The number of rotatable bonds is 5. The molecule has 2 N–H and O–H groups in total. The van der Waals surface area contributed by atoms with Crippen LogP contribution < -0.4 is 15.4 Å². The summed E-state index contributed by atoms with van der Waals surface area (Å²) in [7, 11) is 1.65. The number of methoxy groups -OCH3 is 1. The van der Waals surface area contributed by atoms with E-state index < -0.39 is 0 Å². The normalized spacial score (nSPS) is 27.5. The SMILES string of the molecule is COc1cccc(CNC(=O)NC(C)C2CC3CCC2C3)c1. The van der Waals surface area contributed by atoms with E-state index in [0.29, 0.717) is 12.5 Å². The van der Waals surface area contributed by atoms with Crippen molar-refractivity contribution in [3.05, 3.63) is 29.8 Å². The Morgan fingerprint density at radius 1 is 1.36 bits per heavy atom. The smallest absolute Gasteiger partial charge is 0.315 e. The second-order valence-electron chi connectivity index (χ2n) is 6.81. The molecule has 4 nitrogen and oxygen atoms in total. The van der Waals surface area contributed by atoms with E-state index in [4.69, 9.17) is 4.74 Å². The molecule has 0 saturated heterocycles. The van der Waals surface area contributed by atoms with E-state index in [-0.39, 0.29) is 12.1 Å². The number of ether oxygens (including phenoxy) is 1. The van der Waals surface area contributed by atoms with Crippen LogP contribution in [0.3, 0.4) is 0 Å². The van der Waals surface area contributed by atoms with Crippen molar-refractivity contribution >= 4 is 6.03 Å². The molecule has 22 heavy (non-hydrogen) atoms. The van der Waals surface area contributed by atoms with Crippen LogP contribution in [0.25, 0.3) is 0 Å². The molecule has 2 aliphatic carbocycles. The van der Waals surface area contributed by atoms with Crippen molar-refractivity contribution < 1.29 is 9.53 Å². The Morgan fingerprint density at radius 2 is 2.23 bits per heavy atom. The summed E-state index contributed by atoms with van der Waals surface area (Å²) in [5.41, 5.74) is 1.04. The highest BCUT2D eigenvalue weighted by Crippen LogP contribution is 2.49. The average molecular weight is 302 g/mol. The Balaban J connectivity index is 1.46. The number of urea groups is 1. The minimum absolute atomic E-state index is 0.0712. The van der Waals surface area contributed by atoms with Gasteiger partial charge in [-0.15, -0.1) is 0 Å². The Bertz CT molecular complexity index is 532. The van der Waals surface area contributed by atoms with Crippen molar-refractivity contribution in [1.82, 2.24) is 10.6 Å². The molecular weight excluding hydrogens is 276 g/mol. The average Bonchev–Trinajstić information content (AvgIpc) is 3.16. The van der Waals surface area contributed by atoms with Crippen molar-refractivity contribution in [3.8, 4) is 5.75 Å². The van der Waals surface area contributed by atoms with Gasteiger partial charge in [-0.05, 0) is 61.6 Å². The van der Waals surface area contributed by atoms with E-state index in [0.717, 1.165) is 23.1 Å². The molecule has 0 aliphatic heterocycles. The van der Waals surface area contributed by atoms with E-state index in [2.05, 4.69) is 17.6 Å². The molecule has 2 bridgehead atoms. The van der Waals surface area contributed by atoms with Gasteiger partial charge in [0.1, 0.15) is 5.75 Å². The zero-order valence-electron chi connectivity index (χ0n) is 13.5. The molecule has 0 aromatic heterocycles. The second-order valence-corrected chi connectivity index (χ2v) is 6.81. The summed E-state index contributed by atoms with van der Waals surface area (Å²) >= 11 is 0. The lowest BCUT2D eigenvalue weighted by Crippen LogP contribution is -2.45. The van der Waals surface area contributed by atoms with Crippen molar-refractivity contribution in [2.24, 2.45) is 17.8 Å². The molecule has 2 saturated carbocycles. The number of carbonyl (C=O) groups excluding carboxylic acids is 1. The van der Waals surface area contributed by atoms with E-state index in [1.54, 1.807) is 7.11 Å². The molecule has 0 radical (unpaired) electrons. The number of amides is 2. The summed E-state index contributed by atoms with van der Waals surface area (Å²) in [5.74, 6) is 3.23. The third kappa shape index (κ3) is 3.37. The van der Waals surface area contributed by atoms with E-state index in [1.165, 1.54) is 25.7 Å². The second kappa shape index (κ2) is 6.59. The number of carbonyl (C=O) groups is 1. The van der Waals surface area contributed by atoms with Crippen LogP contribution in [-0.2, 0) is 6.54 Å². The van der Waals surface area contributed by atoms with Crippen molar-refractivity contribution in [2.75, 3.05) is 7.11 Å². The highest BCUT2D eigenvalue weighted by Gasteiger charge is 2.42. The van der Waals surface area contributed by atoms with Crippen molar-refractivity contribution in [3.63, 3.8) is 0 Å². The van der Waals surface area contributed by atoms with Gasteiger partial charge in [0.05, 0.1) is 7.11 Å². The van der Waals surface area contributed by atoms with Gasteiger partial charge in [-0.1, -0.05) is 18.6 Å². The first-order chi connectivity index (χ1) is 10.7. The van der Waals surface area contributed by atoms with Gasteiger partial charge in [0.25, 0.3) is 0 Å². The van der Waals surface area contributed by atoms with Gasteiger partial charge in [0.15, 0.2) is 0 Å². The molecular formula is C18H26N2O2. The lowest BCUT2D eigenvalue weighted by atomic mass is 9.84. The largest absolute Gasteiger partial charge is 0.497 e. The lowest BCUT2D eigenvalue weighted by molar-refractivity contribution is 0.220. The molecule has 4 unspecified atom stereocenters. The summed E-state index contributed by atoms with van der Waals surface area (Å²) < 4.78 is 5.19. The van der Waals surface area contributed by atoms with Gasteiger partial charge >= 0.3 is 6.03 Å². The molecule has 1 aromatic carbocycles. The number of fused-ring (bicyclic) bond motifs is 2. The van der Waals surface area contributed by atoms with Crippen molar-refractivity contribution in [1.29, 1.82) is 0 Å². The fraction of sp³-hybridized carbons (Fsp3) is 0.611. The van der Waals surface area contributed by atoms with Crippen molar-refractivity contribution in [2.45, 2.75) is 45.2 Å². The quantitative estimate of drug-likeness (QED) is 0.876. The Hall–Kier alpha value is -1.71. The van der Waals surface area contributed by atoms with Gasteiger partial charge in [-0.3, -0.25) is 0 Å². The summed E-state index contributed by atoms with van der Waals surface area (Å²) in [6, 6.07) is 7.97. The monoisotopic (exact) mass is 302 g/mol. The maximum atomic E-state index is 12.1. The van der Waals surface area contributed by atoms with Crippen LogP contribution in [0.1, 0.15) is 38.2 Å². The third-order valence-electron chi connectivity index (χ3n) is 5.38. The van der Waals surface area contributed by atoms with E-state index >= 15 is 0 Å². The van der Waals surface area contributed by atoms with E-state index in [9.17, 15) is 4.79 Å². The molecule has 3 rings (SSSR count). The molecule has 2 aliphatic rings. The zero-order chi connectivity index (χ0) is 15.5. The van der Waals surface area contributed by atoms with Crippen LogP contribution in [-0.4, -0.2) is 19.2 Å². The predicted molar refractivity (Wildman–Crippen MR) is 86.8 cm³/mol. The maximum Gasteiger partial charge on any atom is 0.315 e. The van der Waals surface area contributed by atoms with Gasteiger partial charge < -0.3 is 15.4 Å². The van der Waals surface area contributed by atoms with Crippen LogP contribution in [0.5, 0.6) is 5.75 Å². The first-order valence-corrected chi connectivity index (χ1v) is 8.33. The van der Waals surface area contributed by atoms with Gasteiger partial charge in [-0.2, -0.15) is 0 Å². The minimum Gasteiger partial charge on any atom is -0.497 e. The van der Waals surface area contributed by atoms with Crippen LogP contribution in [0.15, 0.2) is 24.3 Å². The van der Waals surface area contributed by atoms with Crippen LogP contribution >= 0.6 is 0 Å². The summed E-state index contributed by atoms with van der Waals surface area (Å²) in [6.07, 6.45) is 5.42. The molecule has 4 heteroatoms. The topological polar surface area (TPSA) is 50.4 Å². The summed E-state index contributed by atoms with van der Waals surface area (Å²) in [6.45, 7) is 2.67. The molecule has 2 amide bonds. The van der Waals surface area contributed by atoms with E-state index in [1.807, 2.05) is 24.3 Å². The molecule has 1 aromatic rings. The molecule has 0 spiro atoms. The van der Waals surface area contributed by atoms with Crippen LogP contribution in [0, 0.1) is 17.8 Å². The highest BCUT2D eigenvalue weighted by atomic mass is 16.5. The fourth-order valence-electron chi connectivity index (χ4n) is 4.24. The van der Waals surface area contributed by atoms with Crippen LogP contribution in [0.2, 0.25) is 0 Å². The Kier molecular flexibility index (Phi) is 4.55. The number of benzene rings is 1. The first-order valence-electron chi connectivity index (χ1n) is 8.33. The van der Waals surface area contributed by atoms with Gasteiger partial charge in [0.2, 0.25) is 0 Å². The highest BCUT2D eigenvalue weighted by molar-refractivity contribution is 5.74. The Morgan fingerprint density at radius 3 is 2.91 bits per heavy atom. The molecule has 120 valence electrons. The lowest BCUT2D eigenvalue weighted by Gasteiger charge is -2.28. The maximum absolute atomic E-state index is 12.1. The van der Waals surface area contributed by atoms with Gasteiger partial charge in [-0.25, -0.2) is 4.79 Å². The number of nitrogens with one attached hydrogen (secondary N) is 2. The Labute approximate surface area is 132 Å². The third-order valence-corrected chi connectivity index (χ3v) is 5.38. The molecule has 2 fully saturated rings. The molecule has 0 heterocycles. The number of hydrogen-bond donors (Lipinski definition) is 2. The standard InChI is InChI=1S/C18H26N2O2/c1-12(17-10-13-6-7-15(17)8-13)20-18(21)19-11-14-4-3-5-16(9-14)22-2/h3-5,9,12-13,15,17H,6-8,10-11H2,1-2H3,(H2,19,20,21). The zero-order valence-corrected chi connectivity index (χ0v) is 13.5. The number of hydrogen-bond acceptors (Lipinski definition) is 2. The van der Waals surface area contributed by atoms with Gasteiger partial charge in [0, 0.05) is 12.6 Å². The predicted octanol–water partition coefficient (Wildman–Crippen LogP) is 3.32. The molecule has 4 atom stereocenters. The fourth-order valence-corrected chi connectivity index (χ4v) is 4.24.